The van der Waals surface area contributed by atoms with Gasteiger partial charge in [-0.2, -0.15) is 0 Å². The van der Waals surface area contributed by atoms with Crippen molar-refractivity contribution in [3.8, 4) is 0 Å². The highest BCUT2D eigenvalue weighted by Crippen LogP contribution is 2.59. The molecule has 0 amide bonds. The summed E-state index contributed by atoms with van der Waals surface area (Å²) in [6, 6.07) is 0. The van der Waals surface area contributed by atoms with Gasteiger partial charge in [0.05, 0.1) is 5.75 Å². The van der Waals surface area contributed by atoms with E-state index in [1.807, 2.05) is 0 Å². The largest absolute Gasteiger partial charge is 0.306 e. The monoisotopic (exact) mass is 202 g/mol. The Morgan fingerprint density at radius 1 is 1.46 bits per heavy atom. The molecule has 2 bridgehead atoms. The Labute approximate surface area is 82.4 Å². The molecule has 2 aliphatic rings. The summed E-state index contributed by atoms with van der Waals surface area (Å²) in [5.74, 6) is 2.52. The third-order valence-electron chi connectivity index (χ3n) is 4.37. The van der Waals surface area contributed by atoms with Gasteiger partial charge in [-0.15, -0.1) is 0 Å². The normalized spacial score (nSPS) is 43.8. The molecule has 0 spiro atoms. The average Bonchev–Trinajstić information content (AvgIpc) is 2.53. The van der Waals surface area contributed by atoms with Gasteiger partial charge in [-0.25, -0.2) is 4.21 Å². The molecular weight excluding hydrogens is 184 g/mol. The van der Waals surface area contributed by atoms with E-state index >= 15 is 0 Å². The minimum Gasteiger partial charge on any atom is -0.306 e. The Hall–Kier alpha value is 0.110. The zero-order valence-electron chi connectivity index (χ0n) is 8.32. The second-order valence-corrected chi connectivity index (χ2v) is 6.16. The summed E-state index contributed by atoms with van der Waals surface area (Å²) in [5.41, 5.74) is 0.307. The van der Waals surface area contributed by atoms with Gasteiger partial charge in [0, 0.05) is 0 Å². The van der Waals surface area contributed by atoms with Crippen LogP contribution in [-0.2, 0) is 11.1 Å². The Kier molecular flexibility index (Phi) is 2.27. The fourth-order valence-corrected chi connectivity index (χ4v) is 4.48. The van der Waals surface area contributed by atoms with Crippen LogP contribution in [0.5, 0.6) is 0 Å². The van der Waals surface area contributed by atoms with E-state index in [1.54, 1.807) is 0 Å². The van der Waals surface area contributed by atoms with Crippen LogP contribution in [0.15, 0.2) is 0 Å². The quantitative estimate of drug-likeness (QED) is 0.697. The summed E-state index contributed by atoms with van der Waals surface area (Å²) in [6.45, 7) is 4.54. The average molecular weight is 202 g/mol. The molecule has 2 rings (SSSR count). The molecule has 2 nitrogen and oxygen atoms in total. The first-order valence-electron chi connectivity index (χ1n) is 5.09. The molecule has 0 aromatic carbocycles. The lowest BCUT2D eigenvalue weighted by Crippen LogP contribution is -2.34. The van der Waals surface area contributed by atoms with Gasteiger partial charge in [-0.05, 0) is 42.4 Å². The summed E-state index contributed by atoms with van der Waals surface area (Å²) in [6.07, 6.45) is 3.93. The zero-order chi connectivity index (χ0) is 9.64. The molecule has 4 atom stereocenters. The highest BCUT2D eigenvalue weighted by molar-refractivity contribution is 7.79. The van der Waals surface area contributed by atoms with Crippen molar-refractivity contribution in [2.75, 3.05) is 5.75 Å². The number of fused-ring (bicyclic) bond motifs is 2. The van der Waals surface area contributed by atoms with Crippen LogP contribution in [0.3, 0.4) is 0 Å². The van der Waals surface area contributed by atoms with Gasteiger partial charge in [0.15, 0.2) is 11.1 Å². The lowest BCUT2D eigenvalue weighted by Gasteiger charge is -2.37. The molecule has 0 saturated heterocycles. The van der Waals surface area contributed by atoms with Crippen molar-refractivity contribution in [1.29, 1.82) is 0 Å². The van der Waals surface area contributed by atoms with Gasteiger partial charge in [-0.1, -0.05) is 13.8 Å². The van der Waals surface area contributed by atoms with Gasteiger partial charge >= 0.3 is 0 Å². The molecule has 2 fully saturated rings. The topological polar surface area (TPSA) is 37.3 Å². The Morgan fingerprint density at radius 3 is 2.62 bits per heavy atom. The number of hydrogen-bond acceptors (Lipinski definition) is 1. The lowest BCUT2D eigenvalue weighted by atomic mass is 9.69. The molecule has 0 aliphatic heterocycles. The predicted molar refractivity (Wildman–Crippen MR) is 53.7 cm³/mol. The van der Waals surface area contributed by atoms with Crippen molar-refractivity contribution >= 4 is 11.1 Å². The minimum absolute atomic E-state index is 0.307. The van der Waals surface area contributed by atoms with E-state index in [0.29, 0.717) is 17.1 Å². The highest BCUT2D eigenvalue weighted by atomic mass is 32.2. The van der Waals surface area contributed by atoms with Crippen LogP contribution >= 0.6 is 0 Å². The van der Waals surface area contributed by atoms with Crippen LogP contribution in [0.4, 0.5) is 0 Å². The summed E-state index contributed by atoms with van der Waals surface area (Å²) < 4.78 is 19.8. The molecule has 1 N–H and O–H groups in total. The van der Waals surface area contributed by atoms with Crippen molar-refractivity contribution in [1.82, 2.24) is 0 Å². The van der Waals surface area contributed by atoms with E-state index in [2.05, 4.69) is 13.8 Å². The van der Waals surface area contributed by atoms with Crippen molar-refractivity contribution in [3.63, 3.8) is 0 Å². The molecule has 2 aliphatic carbocycles. The number of hydrogen-bond donors (Lipinski definition) is 1. The van der Waals surface area contributed by atoms with Crippen LogP contribution in [0, 0.1) is 23.2 Å². The predicted octanol–water partition coefficient (Wildman–Crippen LogP) is 2.28. The maximum absolute atomic E-state index is 10.8. The standard InChI is InChI=1S/C10H18O2S/c1-10(2)8-4-3-7(5-8)9(10)6-13(11)12/h7-9H,3-6H2,1-2H3,(H,11,12). The second kappa shape index (κ2) is 3.06. The van der Waals surface area contributed by atoms with Gasteiger partial charge in [0.1, 0.15) is 0 Å². The lowest BCUT2D eigenvalue weighted by molar-refractivity contribution is 0.139. The van der Waals surface area contributed by atoms with Crippen LogP contribution in [0.2, 0.25) is 0 Å². The van der Waals surface area contributed by atoms with Crippen molar-refractivity contribution in [3.05, 3.63) is 0 Å². The zero-order valence-corrected chi connectivity index (χ0v) is 9.14. The van der Waals surface area contributed by atoms with Crippen LogP contribution < -0.4 is 0 Å². The molecule has 4 unspecified atom stereocenters. The van der Waals surface area contributed by atoms with E-state index in [9.17, 15) is 4.21 Å². The Morgan fingerprint density at radius 2 is 2.15 bits per heavy atom. The van der Waals surface area contributed by atoms with E-state index in [0.717, 1.165) is 11.8 Å². The molecule has 76 valence electrons. The smallest absolute Gasteiger partial charge is 0.153 e. The van der Waals surface area contributed by atoms with Gasteiger partial charge in [-0.3, -0.25) is 0 Å². The Balaban J connectivity index is 2.14. The van der Waals surface area contributed by atoms with Gasteiger partial charge in [0.25, 0.3) is 0 Å². The van der Waals surface area contributed by atoms with E-state index in [1.165, 1.54) is 19.3 Å². The first-order valence-corrected chi connectivity index (χ1v) is 6.37. The fraction of sp³-hybridized carbons (Fsp3) is 1.00. The number of rotatable bonds is 2. The molecule has 13 heavy (non-hydrogen) atoms. The van der Waals surface area contributed by atoms with E-state index < -0.39 is 11.1 Å². The molecule has 0 aromatic heterocycles. The van der Waals surface area contributed by atoms with Gasteiger partial charge in [0.2, 0.25) is 0 Å². The first-order chi connectivity index (χ1) is 6.01. The minimum atomic E-state index is -1.60. The van der Waals surface area contributed by atoms with Crippen molar-refractivity contribution in [2.45, 2.75) is 33.1 Å². The van der Waals surface area contributed by atoms with Crippen LogP contribution in [0.1, 0.15) is 33.1 Å². The van der Waals surface area contributed by atoms with Crippen LogP contribution in [0.25, 0.3) is 0 Å². The summed E-state index contributed by atoms with van der Waals surface area (Å²) in [7, 11) is 0. The van der Waals surface area contributed by atoms with Crippen LogP contribution in [-0.4, -0.2) is 14.5 Å². The highest BCUT2D eigenvalue weighted by Gasteiger charge is 2.52. The molecule has 0 aromatic rings. The third kappa shape index (κ3) is 1.46. The molecule has 3 heteroatoms. The molecular formula is C10H18O2S. The maximum atomic E-state index is 10.8. The molecule has 0 heterocycles. The first kappa shape index (κ1) is 9.66. The fourth-order valence-electron chi connectivity index (χ4n) is 3.47. The SMILES string of the molecule is CC1(C)C2CCC(C2)C1CS(=O)O. The summed E-state index contributed by atoms with van der Waals surface area (Å²) in [5, 5.41) is 0. The van der Waals surface area contributed by atoms with Crippen molar-refractivity contribution in [2.24, 2.45) is 23.2 Å². The van der Waals surface area contributed by atoms with E-state index in [-0.39, 0.29) is 0 Å². The Bertz CT molecular complexity index is 237. The molecule has 0 radical (unpaired) electrons. The summed E-state index contributed by atoms with van der Waals surface area (Å²) >= 11 is -1.60. The van der Waals surface area contributed by atoms with Crippen molar-refractivity contribution < 1.29 is 8.76 Å². The second-order valence-electron chi connectivity index (χ2n) is 5.19. The van der Waals surface area contributed by atoms with Gasteiger partial charge < -0.3 is 4.55 Å². The summed E-state index contributed by atoms with van der Waals surface area (Å²) in [4.78, 5) is 0. The molecule has 2 saturated carbocycles. The maximum Gasteiger partial charge on any atom is 0.153 e. The van der Waals surface area contributed by atoms with E-state index in [4.69, 9.17) is 4.55 Å². The third-order valence-corrected chi connectivity index (χ3v) is 5.02.